The van der Waals surface area contributed by atoms with E-state index in [1.807, 2.05) is 0 Å². The van der Waals surface area contributed by atoms with Crippen LogP contribution in [-0.4, -0.2) is 80.1 Å². The summed E-state index contributed by atoms with van der Waals surface area (Å²) < 4.78 is 27.2. The summed E-state index contributed by atoms with van der Waals surface area (Å²) in [5.74, 6) is -2.00. The van der Waals surface area contributed by atoms with Crippen LogP contribution in [0, 0.1) is 0 Å². The Hall–Kier alpha value is 0.821. The first-order valence-corrected chi connectivity index (χ1v) is 3.23. The molecule has 0 aromatic rings. The van der Waals surface area contributed by atoms with Crippen molar-refractivity contribution in [3.8, 4) is 0 Å². The monoisotopic (exact) mass is 246 g/mol. The summed E-state index contributed by atoms with van der Waals surface area (Å²) in [6.07, 6.45) is 0. The first-order chi connectivity index (χ1) is 3.85. The molecule has 0 aromatic heterocycles. The van der Waals surface area contributed by atoms with Gasteiger partial charge in [0.05, 0.1) is 0 Å². The summed E-state index contributed by atoms with van der Waals surface area (Å²) in [5.41, 5.74) is -2.74. The van der Waals surface area contributed by atoms with Gasteiger partial charge in [-0.05, 0) is 0 Å². The summed E-state index contributed by atoms with van der Waals surface area (Å²) in [7, 11) is -4.85. The number of aliphatic hydroxyl groups excluding tert-OH is 1. The van der Waals surface area contributed by atoms with E-state index in [-0.39, 0.29) is 45.5 Å². The van der Waals surface area contributed by atoms with Crippen molar-refractivity contribution in [2.24, 2.45) is 0 Å². The van der Waals surface area contributed by atoms with Crippen LogP contribution in [0.5, 0.6) is 0 Å². The van der Waals surface area contributed by atoms with Crippen LogP contribution in [0.15, 0.2) is 0 Å². The first kappa shape index (κ1) is 13.4. The zero-order chi connectivity index (χ0) is 7.65. The van der Waals surface area contributed by atoms with E-state index in [4.69, 9.17) is 14.8 Å². The van der Waals surface area contributed by atoms with Gasteiger partial charge in [0.1, 0.15) is 0 Å². The molecule has 0 spiro atoms. The molecule has 0 saturated carbocycles. The van der Waals surface area contributed by atoms with Gasteiger partial charge in [0.25, 0.3) is 5.44 Å². The summed E-state index contributed by atoms with van der Waals surface area (Å²) >= 11 is 0. The standard InChI is InChI=1S/C2H4O6S.Sr.2H/c3-1(4)2(5)9(6,7)8;;;/h2,5H,(H,3,4)(H,6,7,8);;;. The van der Waals surface area contributed by atoms with E-state index < -0.39 is 21.5 Å². The third kappa shape index (κ3) is 4.61. The Morgan fingerprint density at radius 2 is 1.70 bits per heavy atom. The molecule has 0 rings (SSSR count). The number of hydrogen-bond donors (Lipinski definition) is 3. The normalized spacial score (nSPS) is 13.4. The molecule has 0 amide bonds. The van der Waals surface area contributed by atoms with Gasteiger partial charge in [-0.3, -0.25) is 4.55 Å². The topological polar surface area (TPSA) is 112 Å². The number of aliphatic hydroxyl groups is 1. The van der Waals surface area contributed by atoms with Crippen molar-refractivity contribution in [3.63, 3.8) is 0 Å². The fourth-order valence-corrected chi connectivity index (χ4v) is 0.382. The fourth-order valence-electron chi connectivity index (χ4n) is 0.127. The zero-order valence-corrected chi connectivity index (χ0v) is 4.87. The van der Waals surface area contributed by atoms with E-state index in [2.05, 4.69) is 0 Å². The van der Waals surface area contributed by atoms with Crippen LogP contribution in [0.2, 0.25) is 0 Å². The molecule has 1 atom stereocenters. The fraction of sp³-hybridized carbons (Fsp3) is 0.500. The number of carboxylic acid groups (broad SMARTS) is 1. The molecule has 58 valence electrons. The average Bonchev–Trinajstić information content (AvgIpc) is 1.62. The minimum absolute atomic E-state index is 0. The quantitative estimate of drug-likeness (QED) is 0.362. The molecule has 0 saturated heterocycles. The second-order valence-electron chi connectivity index (χ2n) is 1.21. The van der Waals surface area contributed by atoms with Gasteiger partial charge in [0.2, 0.25) is 0 Å². The van der Waals surface area contributed by atoms with Crippen LogP contribution >= 0.6 is 0 Å². The summed E-state index contributed by atoms with van der Waals surface area (Å²) in [4.78, 5) is 9.56. The van der Waals surface area contributed by atoms with E-state index in [9.17, 15) is 13.2 Å². The number of carbonyl (C=O) groups is 1. The third-order valence-electron chi connectivity index (χ3n) is 0.493. The Kier molecular flexibility index (Phi) is 6.24. The number of hydrogen-bond acceptors (Lipinski definition) is 4. The maximum absolute atomic E-state index is 9.70. The van der Waals surface area contributed by atoms with Gasteiger partial charge in [-0.25, -0.2) is 4.79 Å². The summed E-state index contributed by atoms with van der Waals surface area (Å²) in [6, 6.07) is 0. The van der Waals surface area contributed by atoms with Gasteiger partial charge >= 0.3 is 61.6 Å². The van der Waals surface area contributed by atoms with Gasteiger partial charge in [-0.2, -0.15) is 8.42 Å². The van der Waals surface area contributed by atoms with Gasteiger partial charge in [0, 0.05) is 0 Å². The SMILES string of the molecule is O=C(O)C(O)S(=O)(=O)O.[SrH2]. The molecule has 0 aliphatic rings. The molecule has 0 heterocycles. The molecule has 1 unspecified atom stereocenters. The predicted molar refractivity (Wildman–Crippen MR) is 33.7 cm³/mol. The summed E-state index contributed by atoms with van der Waals surface area (Å²) in [5, 5.41) is 15.8. The van der Waals surface area contributed by atoms with Gasteiger partial charge in [-0.1, -0.05) is 0 Å². The van der Waals surface area contributed by atoms with Gasteiger partial charge in [-0.15, -0.1) is 0 Å². The van der Waals surface area contributed by atoms with E-state index in [1.165, 1.54) is 0 Å². The number of rotatable bonds is 2. The van der Waals surface area contributed by atoms with Crippen molar-refractivity contribution in [1.82, 2.24) is 0 Å². The molecule has 6 nitrogen and oxygen atoms in total. The first-order valence-electron chi connectivity index (χ1n) is 1.73. The van der Waals surface area contributed by atoms with Crippen LogP contribution in [0.3, 0.4) is 0 Å². The second-order valence-corrected chi connectivity index (χ2v) is 2.68. The van der Waals surface area contributed by atoms with Crippen molar-refractivity contribution in [3.05, 3.63) is 0 Å². The molecular formula is C2H6O6SSr. The van der Waals surface area contributed by atoms with Crippen molar-refractivity contribution in [1.29, 1.82) is 0 Å². The van der Waals surface area contributed by atoms with Crippen LogP contribution in [0.4, 0.5) is 0 Å². The molecule has 0 aliphatic carbocycles. The van der Waals surface area contributed by atoms with Crippen molar-refractivity contribution in [2.45, 2.75) is 5.44 Å². The summed E-state index contributed by atoms with van der Waals surface area (Å²) in [6.45, 7) is 0. The third-order valence-corrected chi connectivity index (χ3v) is 1.26. The van der Waals surface area contributed by atoms with Crippen LogP contribution < -0.4 is 0 Å². The van der Waals surface area contributed by atoms with E-state index in [0.717, 1.165) is 0 Å². The molecule has 10 heavy (non-hydrogen) atoms. The predicted octanol–water partition coefficient (Wildman–Crippen LogP) is -2.64. The Morgan fingerprint density at radius 3 is 1.70 bits per heavy atom. The second kappa shape index (κ2) is 4.65. The molecule has 0 fully saturated rings. The Balaban J connectivity index is 0. The van der Waals surface area contributed by atoms with Crippen LogP contribution in [0.25, 0.3) is 0 Å². The Bertz CT molecular complexity index is 206. The van der Waals surface area contributed by atoms with Crippen LogP contribution in [0.1, 0.15) is 0 Å². The van der Waals surface area contributed by atoms with E-state index >= 15 is 0 Å². The number of aliphatic carboxylic acids is 1. The van der Waals surface area contributed by atoms with Gasteiger partial charge < -0.3 is 10.2 Å². The van der Waals surface area contributed by atoms with Crippen molar-refractivity contribution < 1.29 is 28.0 Å². The average molecular weight is 246 g/mol. The van der Waals surface area contributed by atoms with Crippen molar-refractivity contribution >= 4 is 61.6 Å². The Labute approximate surface area is 93.9 Å². The molecule has 3 N–H and O–H groups in total. The van der Waals surface area contributed by atoms with Gasteiger partial charge in [0.15, 0.2) is 0 Å². The number of carboxylic acids is 1. The van der Waals surface area contributed by atoms with Crippen LogP contribution in [-0.2, 0) is 14.9 Å². The van der Waals surface area contributed by atoms with E-state index in [1.54, 1.807) is 0 Å². The van der Waals surface area contributed by atoms with E-state index in [0.29, 0.717) is 0 Å². The molecule has 8 heteroatoms. The molecular weight excluding hydrogens is 240 g/mol. The zero-order valence-electron chi connectivity index (χ0n) is 4.05. The molecule has 0 radical (unpaired) electrons. The molecule has 0 aromatic carbocycles. The minimum atomic E-state index is -4.85. The molecule has 0 aliphatic heterocycles. The Morgan fingerprint density at radius 1 is 1.40 bits per heavy atom. The maximum atomic E-state index is 9.70. The van der Waals surface area contributed by atoms with Crippen molar-refractivity contribution in [2.75, 3.05) is 0 Å². The molecule has 0 bridgehead atoms.